The van der Waals surface area contributed by atoms with E-state index in [2.05, 4.69) is 25.6 Å². The van der Waals surface area contributed by atoms with Gasteiger partial charge < -0.3 is 16.4 Å². The van der Waals surface area contributed by atoms with E-state index in [1.807, 2.05) is 0 Å². The van der Waals surface area contributed by atoms with Crippen molar-refractivity contribution in [3.05, 3.63) is 59.0 Å². The van der Waals surface area contributed by atoms with Gasteiger partial charge in [0, 0.05) is 12.7 Å². The fourth-order valence-corrected chi connectivity index (χ4v) is 3.05. The number of hydrogen-bond acceptors (Lipinski definition) is 6. The number of nitrogens with two attached hydrogens (primary N) is 1. The maximum absolute atomic E-state index is 13.3. The van der Waals surface area contributed by atoms with Gasteiger partial charge in [-0.25, -0.2) is 9.97 Å². The number of carbonyl (C=O) groups is 1. The summed E-state index contributed by atoms with van der Waals surface area (Å²) in [5.41, 5.74) is 6.00. The average molecular weight is 404 g/mol. The Kier molecular flexibility index (Phi) is 5.64. The molecule has 1 amide bonds. The summed E-state index contributed by atoms with van der Waals surface area (Å²) in [6.07, 6.45) is -1.81. The average Bonchev–Trinajstić information content (AvgIpc) is 2.67. The smallest absolute Gasteiger partial charge is 0.366 e. The van der Waals surface area contributed by atoms with Gasteiger partial charge in [0.2, 0.25) is 0 Å². The zero-order valence-electron chi connectivity index (χ0n) is 15.7. The Morgan fingerprint density at radius 1 is 1.17 bits per heavy atom. The van der Waals surface area contributed by atoms with Crippen LogP contribution in [0.15, 0.2) is 36.8 Å². The number of halogens is 3. The van der Waals surface area contributed by atoms with Crippen molar-refractivity contribution in [2.75, 3.05) is 18.9 Å². The van der Waals surface area contributed by atoms with Gasteiger partial charge in [-0.05, 0) is 37.2 Å². The molecule has 0 aliphatic heterocycles. The first-order valence-electron chi connectivity index (χ1n) is 8.70. The number of primary amides is 1. The van der Waals surface area contributed by atoms with Crippen LogP contribution in [0.4, 0.5) is 19.0 Å². The van der Waals surface area contributed by atoms with Crippen molar-refractivity contribution < 1.29 is 18.0 Å². The van der Waals surface area contributed by atoms with Gasteiger partial charge in [0.25, 0.3) is 5.91 Å². The Labute approximate surface area is 164 Å². The maximum Gasteiger partial charge on any atom is 0.416 e. The summed E-state index contributed by atoms with van der Waals surface area (Å²) in [6, 6.07) is 5.09. The summed E-state index contributed by atoms with van der Waals surface area (Å²) >= 11 is 0. The van der Waals surface area contributed by atoms with Crippen molar-refractivity contribution in [2.45, 2.75) is 19.1 Å². The zero-order chi connectivity index (χ0) is 21.2. The van der Waals surface area contributed by atoms with Gasteiger partial charge in [0.05, 0.1) is 17.2 Å². The summed E-state index contributed by atoms with van der Waals surface area (Å²) in [7, 11) is 1.69. The van der Waals surface area contributed by atoms with Crippen molar-refractivity contribution in [3.8, 4) is 0 Å². The Bertz CT molecular complexity index is 1050. The Balaban J connectivity index is 2.05. The summed E-state index contributed by atoms with van der Waals surface area (Å²) in [5.74, 6) is -0.380. The number of aromatic nitrogens is 3. The predicted molar refractivity (Wildman–Crippen MR) is 102 cm³/mol. The largest absolute Gasteiger partial charge is 0.416 e. The molecule has 152 valence electrons. The summed E-state index contributed by atoms with van der Waals surface area (Å²) in [4.78, 5) is 24.1. The molecule has 0 fully saturated rings. The fraction of sp³-hybridized carbons (Fsp3) is 0.263. The minimum atomic E-state index is -4.45. The van der Waals surface area contributed by atoms with E-state index in [1.165, 1.54) is 31.6 Å². The number of likely N-dealkylation sites (N-methyl/N-ethyl adjacent to an activating group) is 1. The molecule has 0 saturated carbocycles. The van der Waals surface area contributed by atoms with Gasteiger partial charge in [-0.1, -0.05) is 12.1 Å². The number of carbonyl (C=O) groups excluding carboxylic acids is 1. The number of rotatable bonds is 6. The lowest BCUT2D eigenvalue weighted by Crippen LogP contribution is -2.25. The summed E-state index contributed by atoms with van der Waals surface area (Å²) < 4.78 is 40.0. The molecule has 0 saturated heterocycles. The molecule has 10 heteroatoms. The molecular formula is C19H19F3N6O. The second kappa shape index (κ2) is 8.00. The third kappa shape index (κ3) is 4.27. The highest BCUT2D eigenvalue weighted by Crippen LogP contribution is 2.34. The van der Waals surface area contributed by atoms with Crippen LogP contribution in [-0.2, 0) is 6.18 Å². The van der Waals surface area contributed by atoms with Crippen molar-refractivity contribution in [2.24, 2.45) is 5.73 Å². The van der Waals surface area contributed by atoms with E-state index in [4.69, 9.17) is 5.73 Å². The maximum atomic E-state index is 13.3. The molecule has 1 unspecified atom stereocenters. The minimum absolute atomic E-state index is 0.143. The first kappa shape index (κ1) is 20.5. The normalized spacial score (nSPS) is 12.7. The molecule has 2 heterocycles. The van der Waals surface area contributed by atoms with Crippen molar-refractivity contribution in [1.82, 2.24) is 20.3 Å². The van der Waals surface area contributed by atoms with E-state index < -0.39 is 23.7 Å². The van der Waals surface area contributed by atoms with Crippen LogP contribution >= 0.6 is 0 Å². The topological polar surface area (TPSA) is 106 Å². The van der Waals surface area contributed by atoms with Gasteiger partial charge in [-0.3, -0.25) is 9.78 Å². The summed E-state index contributed by atoms with van der Waals surface area (Å²) in [5, 5.41) is 6.06. The molecule has 3 rings (SSSR count). The second-order valence-corrected chi connectivity index (χ2v) is 6.47. The number of fused-ring (bicyclic) bond motifs is 1. The van der Waals surface area contributed by atoms with Crippen molar-refractivity contribution >= 4 is 22.8 Å². The highest BCUT2D eigenvalue weighted by Gasteiger charge is 2.33. The van der Waals surface area contributed by atoms with Gasteiger partial charge in [-0.2, -0.15) is 13.2 Å². The number of hydrogen-bond donors (Lipinski definition) is 3. The zero-order valence-corrected chi connectivity index (χ0v) is 15.7. The molecule has 1 atom stereocenters. The SMILES string of the molecule is CNCC(Nc1ncnc2c(C(N)=O)ccnc12)c1ccc(C)c(C(F)(F)F)c1. The monoisotopic (exact) mass is 404 g/mol. The number of benzene rings is 1. The van der Waals surface area contributed by atoms with Gasteiger partial charge in [0.1, 0.15) is 17.4 Å². The second-order valence-electron chi connectivity index (χ2n) is 6.47. The molecule has 7 nitrogen and oxygen atoms in total. The molecule has 3 aromatic rings. The molecule has 0 aliphatic rings. The van der Waals surface area contributed by atoms with E-state index in [1.54, 1.807) is 13.1 Å². The van der Waals surface area contributed by atoms with Crippen LogP contribution in [0.5, 0.6) is 0 Å². The van der Waals surface area contributed by atoms with Crippen LogP contribution in [0.3, 0.4) is 0 Å². The third-order valence-electron chi connectivity index (χ3n) is 4.48. The van der Waals surface area contributed by atoms with E-state index in [9.17, 15) is 18.0 Å². The first-order chi connectivity index (χ1) is 13.7. The Morgan fingerprint density at radius 2 is 1.93 bits per heavy atom. The van der Waals surface area contributed by atoms with Crippen LogP contribution in [0.2, 0.25) is 0 Å². The fourth-order valence-electron chi connectivity index (χ4n) is 3.05. The minimum Gasteiger partial charge on any atom is -0.366 e. The standard InChI is InChI=1S/C19H19F3N6O/c1-10-3-4-11(7-13(10)19(20,21)22)14(8-24-2)28-18-16-15(26-9-27-18)12(17(23)29)5-6-25-16/h3-7,9,14,24H,8H2,1-2H3,(H2,23,29)(H,26,27,28). The van der Waals surface area contributed by atoms with Crippen molar-refractivity contribution in [1.29, 1.82) is 0 Å². The molecule has 1 aromatic carbocycles. The predicted octanol–water partition coefficient (Wildman–Crippen LogP) is 2.82. The lowest BCUT2D eigenvalue weighted by Gasteiger charge is -2.22. The number of nitrogens with one attached hydrogen (secondary N) is 2. The van der Waals surface area contributed by atoms with Gasteiger partial charge in [-0.15, -0.1) is 0 Å². The molecule has 4 N–H and O–H groups in total. The third-order valence-corrected chi connectivity index (χ3v) is 4.48. The lowest BCUT2D eigenvalue weighted by atomic mass is 9.99. The van der Waals surface area contributed by atoms with Gasteiger partial charge >= 0.3 is 6.18 Å². The van der Waals surface area contributed by atoms with Gasteiger partial charge in [0.15, 0.2) is 5.82 Å². The number of aryl methyl sites for hydroxylation is 1. The number of amides is 1. The molecule has 0 aliphatic carbocycles. The highest BCUT2D eigenvalue weighted by atomic mass is 19.4. The van der Waals surface area contributed by atoms with Crippen LogP contribution in [0.25, 0.3) is 11.0 Å². The number of alkyl halides is 3. The van der Waals surface area contributed by atoms with Crippen molar-refractivity contribution in [3.63, 3.8) is 0 Å². The quantitative estimate of drug-likeness (QED) is 0.583. The van der Waals surface area contributed by atoms with E-state index >= 15 is 0 Å². The first-order valence-corrected chi connectivity index (χ1v) is 8.70. The Morgan fingerprint density at radius 3 is 2.59 bits per heavy atom. The van der Waals surface area contributed by atoms with Crippen LogP contribution in [0.1, 0.15) is 33.1 Å². The molecule has 2 aromatic heterocycles. The van der Waals surface area contributed by atoms with E-state index in [0.29, 0.717) is 17.6 Å². The number of nitrogens with zero attached hydrogens (tertiary/aromatic N) is 3. The summed E-state index contributed by atoms with van der Waals surface area (Å²) in [6.45, 7) is 1.74. The van der Waals surface area contributed by atoms with E-state index in [-0.39, 0.29) is 22.5 Å². The number of pyridine rings is 1. The van der Waals surface area contributed by atoms with Crippen LogP contribution in [-0.4, -0.2) is 34.5 Å². The number of anilines is 1. The molecular weight excluding hydrogens is 385 g/mol. The van der Waals surface area contributed by atoms with Crippen LogP contribution in [0, 0.1) is 6.92 Å². The molecule has 29 heavy (non-hydrogen) atoms. The molecule has 0 spiro atoms. The lowest BCUT2D eigenvalue weighted by molar-refractivity contribution is -0.138. The Hall–Kier alpha value is -3.27. The van der Waals surface area contributed by atoms with Crippen LogP contribution < -0.4 is 16.4 Å². The molecule has 0 bridgehead atoms. The van der Waals surface area contributed by atoms with E-state index in [0.717, 1.165) is 6.07 Å². The highest BCUT2D eigenvalue weighted by molar-refractivity contribution is 6.05. The molecule has 0 radical (unpaired) electrons.